The van der Waals surface area contributed by atoms with Gasteiger partial charge in [0.25, 0.3) is 0 Å². The molecule has 0 spiro atoms. The van der Waals surface area contributed by atoms with Crippen molar-refractivity contribution in [2.75, 3.05) is 12.0 Å². The van der Waals surface area contributed by atoms with Gasteiger partial charge in [0.15, 0.2) is 0 Å². The van der Waals surface area contributed by atoms with Crippen LogP contribution in [0.25, 0.3) is 0 Å². The lowest BCUT2D eigenvalue weighted by Gasteiger charge is -2.29. The molecule has 0 saturated carbocycles. The third kappa shape index (κ3) is 3.39. The van der Waals surface area contributed by atoms with E-state index in [1.165, 1.54) is 0 Å². The van der Waals surface area contributed by atoms with Crippen LogP contribution in [0.5, 0.6) is 5.75 Å². The highest BCUT2D eigenvalue weighted by Gasteiger charge is 2.26. The van der Waals surface area contributed by atoms with Gasteiger partial charge in [0.2, 0.25) is 0 Å². The van der Waals surface area contributed by atoms with E-state index in [4.69, 9.17) is 4.74 Å². The van der Waals surface area contributed by atoms with Gasteiger partial charge in [-0.2, -0.15) is 11.8 Å². The Kier molecular flexibility index (Phi) is 4.77. The van der Waals surface area contributed by atoms with Crippen LogP contribution in [0.3, 0.4) is 0 Å². The van der Waals surface area contributed by atoms with E-state index in [0.29, 0.717) is 6.42 Å². The minimum atomic E-state index is -0.383. The number of aliphatic hydroxyl groups is 1. The van der Waals surface area contributed by atoms with Gasteiger partial charge >= 0.3 is 0 Å². The Labute approximate surface area is 115 Å². The number of rotatable bonds is 4. The largest absolute Gasteiger partial charge is 0.490 e. The number of aliphatic hydroxyl groups excluding tert-OH is 1. The Balaban J connectivity index is 2.04. The molecule has 1 aromatic carbocycles. The lowest BCUT2D eigenvalue weighted by atomic mass is 9.97. The molecule has 4 heteroatoms. The zero-order chi connectivity index (χ0) is 12.3. The second kappa shape index (κ2) is 6.12. The molecule has 1 aliphatic heterocycles. The Morgan fingerprint density at radius 1 is 1.53 bits per heavy atom. The summed E-state index contributed by atoms with van der Waals surface area (Å²) >= 11 is 5.28. The highest BCUT2D eigenvalue weighted by atomic mass is 79.9. The van der Waals surface area contributed by atoms with E-state index in [1.54, 1.807) is 0 Å². The van der Waals surface area contributed by atoms with Gasteiger partial charge in [0, 0.05) is 16.5 Å². The molecule has 17 heavy (non-hydrogen) atoms. The fourth-order valence-electron chi connectivity index (χ4n) is 2.12. The van der Waals surface area contributed by atoms with Crippen LogP contribution in [0.2, 0.25) is 0 Å². The van der Waals surface area contributed by atoms with Crippen LogP contribution in [0.1, 0.15) is 30.9 Å². The standard InChI is InChI=1S/C13H17BrO2S/c1-17-6-2-3-10-8-12(15)11-5-4-9(14)7-13(11)16-10/h4-5,7,10,12,15H,2-3,6,8H2,1H3/t10?,12-/m0/s1. The van der Waals surface area contributed by atoms with E-state index in [1.807, 2.05) is 30.0 Å². The van der Waals surface area contributed by atoms with Crippen LogP contribution < -0.4 is 4.74 Å². The summed E-state index contributed by atoms with van der Waals surface area (Å²) in [4.78, 5) is 0. The van der Waals surface area contributed by atoms with Gasteiger partial charge in [0.05, 0.1) is 6.10 Å². The van der Waals surface area contributed by atoms with Gasteiger partial charge in [-0.25, -0.2) is 0 Å². The molecule has 1 N–H and O–H groups in total. The summed E-state index contributed by atoms with van der Waals surface area (Å²) in [6.45, 7) is 0. The molecule has 2 rings (SSSR count). The van der Waals surface area contributed by atoms with Crippen molar-refractivity contribution in [2.24, 2.45) is 0 Å². The maximum atomic E-state index is 10.1. The summed E-state index contributed by atoms with van der Waals surface area (Å²) in [5, 5.41) is 10.1. The average Bonchev–Trinajstić information content (AvgIpc) is 2.28. The maximum absolute atomic E-state index is 10.1. The zero-order valence-corrected chi connectivity index (χ0v) is 12.3. The average molecular weight is 317 g/mol. The van der Waals surface area contributed by atoms with Gasteiger partial charge in [-0.05, 0) is 37.0 Å². The molecule has 0 saturated heterocycles. The van der Waals surface area contributed by atoms with Crippen molar-refractivity contribution in [3.8, 4) is 5.75 Å². The molecule has 0 aliphatic carbocycles. The minimum Gasteiger partial charge on any atom is -0.490 e. The third-order valence-electron chi connectivity index (χ3n) is 2.99. The van der Waals surface area contributed by atoms with Crippen molar-refractivity contribution >= 4 is 27.7 Å². The second-order valence-corrected chi connectivity index (χ2v) is 6.21. The molecule has 1 unspecified atom stereocenters. The zero-order valence-electron chi connectivity index (χ0n) is 9.86. The minimum absolute atomic E-state index is 0.152. The van der Waals surface area contributed by atoms with E-state index in [9.17, 15) is 5.11 Å². The molecule has 94 valence electrons. The van der Waals surface area contributed by atoms with Crippen LogP contribution >= 0.6 is 27.7 Å². The lowest BCUT2D eigenvalue weighted by Crippen LogP contribution is -2.25. The molecule has 1 heterocycles. The van der Waals surface area contributed by atoms with Gasteiger partial charge < -0.3 is 9.84 Å². The van der Waals surface area contributed by atoms with Crippen molar-refractivity contribution < 1.29 is 9.84 Å². The van der Waals surface area contributed by atoms with Crippen molar-refractivity contribution in [1.29, 1.82) is 0 Å². The number of fused-ring (bicyclic) bond motifs is 1. The van der Waals surface area contributed by atoms with E-state index >= 15 is 0 Å². The van der Waals surface area contributed by atoms with Crippen LogP contribution in [0, 0.1) is 0 Å². The normalized spacial score (nSPS) is 23.0. The fraction of sp³-hybridized carbons (Fsp3) is 0.538. The second-order valence-electron chi connectivity index (χ2n) is 4.31. The molecule has 2 nitrogen and oxygen atoms in total. The first-order valence-corrected chi connectivity index (χ1v) is 8.02. The Morgan fingerprint density at radius 2 is 2.35 bits per heavy atom. The Morgan fingerprint density at radius 3 is 3.12 bits per heavy atom. The van der Waals surface area contributed by atoms with E-state index in [0.717, 1.165) is 34.4 Å². The number of hydrogen-bond donors (Lipinski definition) is 1. The molecule has 0 aromatic heterocycles. The number of halogens is 1. The molecule has 1 aromatic rings. The molecule has 0 fully saturated rings. The third-order valence-corrected chi connectivity index (χ3v) is 4.18. The van der Waals surface area contributed by atoms with E-state index < -0.39 is 0 Å². The Hall–Kier alpha value is -0.190. The lowest BCUT2D eigenvalue weighted by molar-refractivity contribution is 0.0616. The topological polar surface area (TPSA) is 29.5 Å². The molecule has 2 atom stereocenters. The number of thioether (sulfide) groups is 1. The summed E-state index contributed by atoms with van der Waals surface area (Å²) in [7, 11) is 0. The predicted octanol–water partition coefficient (Wildman–Crippen LogP) is 3.78. The quantitative estimate of drug-likeness (QED) is 0.857. The predicted molar refractivity (Wildman–Crippen MR) is 75.8 cm³/mol. The summed E-state index contributed by atoms with van der Waals surface area (Å²) < 4.78 is 6.92. The van der Waals surface area contributed by atoms with Crippen molar-refractivity contribution in [2.45, 2.75) is 31.5 Å². The first-order valence-electron chi connectivity index (χ1n) is 5.84. The Bertz CT molecular complexity index is 384. The molecule has 0 amide bonds. The van der Waals surface area contributed by atoms with Gasteiger partial charge in [-0.1, -0.05) is 22.0 Å². The van der Waals surface area contributed by atoms with Gasteiger partial charge in [-0.15, -0.1) is 0 Å². The molecule has 1 aliphatic rings. The number of benzene rings is 1. The van der Waals surface area contributed by atoms with E-state index in [-0.39, 0.29) is 12.2 Å². The smallest absolute Gasteiger partial charge is 0.126 e. The van der Waals surface area contributed by atoms with Crippen LogP contribution in [0.4, 0.5) is 0 Å². The summed E-state index contributed by atoms with van der Waals surface area (Å²) in [6, 6.07) is 5.82. The summed E-state index contributed by atoms with van der Waals surface area (Å²) in [5.41, 5.74) is 0.911. The molecular weight excluding hydrogens is 300 g/mol. The van der Waals surface area contributed by atoms with Crippen LogP contribution in [-0.4, -0.2) is 23.2 Å². The number of hydrogen-bond acceptors (Lipinski definition) is 3. The molecule has 0 radical (unpaired) electrons. The van der Waals surface area contributed by atoms with E-state index in [2.05, 4.69) is 22.2 Å². The van der Waals surface area contributed by atoms with Gasteiger partial charge in [-0.3, -0.25) is 0 Å². The summed E-state index contributed by atoms with van der Waals surface area (Å²) in [5.74, 6) is 1.98. The monoisotopic (exact) mass is 316 g/mol. The fourth-order valence-corrected chi connectivity index (χ4v) is 2.92. The highest BCUT2D eigenvalue weighted by Crippen LogP contribution is 2.37. The highest BCUT2D eigenvalue weighted by molar-refractivity contribution is 9.10. The number of ether oxygens (including phenoxy) is 1. The molecular formula is C13H17BrO2S. The summed E-state index contributed by atoms with van der Waals surface area (Å²) in [6.07, 6.45) is 4.75. The van der Waals surface area contributed by atoms with Crippen molar-refractivity contribution in [3.63, 3.8) is 0 Å². The van der Waals surface area contributed by atoms with Crippen molar-refractivity contribution in [1.82, 2.24) is 0 Å². The first-order chi connectivity index (χ1) is 8.20. The maximum Gasteiger partial charge on any atom is 0.126 e. The SMILES string of the molecule is CSCCCC1C[C@H](O)c2ccc(Br)cc2O1. The van der Waals surface area contributed by atoms with Crippen molar-refractivity contribution in [3.05, 3.63) is 28.2 Å². The van der Waals surface area contributed by atoms with Crippen LogP contribution in [-0.2, 0) is 0 Å². The van der Waals surface area contributed by atoms with Gasteiger partial charge in [0.1, 0.15) is 11.9 Å². The first kappa shape index (κ1) is 13.2. The molecule has 0 bridgehead atoms. The van der Waals surface area contributed by atoms with Crippen LogP contribution in [0.15, 0.2) is 22.7 Å².